The van der Waals surface area contributed by atoms with Crippen LogP contribution in [0.5, 0.6) is 5.75 Å². The fraction of sp³-hybridized carbons (Fsp3) is 0.357. The van der Waals surface area contributed by atoms with Gasteiger partial charge in [-0.15, -0.1) is 10.2 Å². The van der Waals surface area contributed by atoms with Gasteiger partial charge in [0, 0.05) is 43.9 Å². The molecule has 0 aliphatic carbocycles. The van der Waals surface area contributed by atoms with Gasteiger partial charge in [-0.1, -0.05) is 50.2 Å². The molecule has 1 saturated heterocycles. The van der Waals surface area contributed by atoms with E-state index < -0.39 is 0 Å². The third kappa shape index (κ3) is 6.19. The zero-order valence-corrected chi connectivity index (χ0v) is 21.1. The van der Waals surface area contributed by atoms with Crippen LogP contribution in [0.15, 0.2) is 66.7 Å². The lowest BCUT2D eigenvalue weighted by atomic mass is 10.1. The van der Waals surface area contributed by atoms with E-state index in [4.69, 9.17) is 4.74 Å². The molecule has 1 fully saturated rings. The number of carbonyl (C=O) groups excluding carboxylic acids is 2. The molecule has 1 aliphatic heterocycles. The van der Waals surface area contributed by atoms with Crippen LogP contribution in [0.4, 0.5) is 5.82 Å². The zero-order chi connectivity index (χ0) is 25.5. The van der Waals surface area contributed by atoms with Crippen LogP contribution in [-0.4, -0.2) is 78.2 Å². The second-order valence-corrected chi connectivity index (χ2v) is 9.32. The Morgan fingerprint density at radius 1 is 0.944 bits per heavy atom. The molecule has 8 heteroatoms. The summed E-state index contributed by atoms with van der Waals surface area (Å²) in [5.74, 6) is 1.45. The number of amides is 2. The van der Waals surface area contributed by atoms with Crippen molar-refractivity contribution in [2.24, 2.45) is 5.92 Å². The summed E-state index contributed by atoms with van der Waals surface area (Å²) < 4.78 is 5.26. The Morgan fingerprint density at radius 2 is 1.69 bits per heavy atom. The monoisotopic (exact) mass is 487 g/mol. The maximum Gasteiger partial charge on any atom is 0.254 e. The molecule has 8 nitrogen and oxygen atoms in total. The Labute approximate surface area is 212 Å². The van der Waals surface area contributed by atoms with E-state index in [-0.39, 0.29) is 24.3 Å². The number of piperazine rings is 1. The number of rotatable bonds is 8. The number of carbonyl (C=O) groups is 2. The smallest absolute Gasteiger partial charge is 0.254 e. The lowest BCUT2D eigenvalue weighted by Crippen LogP contribution is -2.52. The Bertz CT molecular complexity index is 1160. The van der Waals surface area contributed by atoms with E-state index in [1.54, 1.807) is 36.3 Å². The first-order valence-corrected chi connectivity index (χ1v) is 12.3. The van der Waals surface area contributed by atoms with Crippen molar-refractivity contribution in [3.63, 3.8) is 0 Å². The molecule has 0 atom stereocenters. The summed E-state index contributed by atoms with van der Waals surface area (Å²) in [6, 6.07) is 21.0. The number of anilines is 1. The molecule has 0 saturated carbocycles. The molecule has 2 aromatic carbocycles. The van der Waals surface area contributed by atoms with Crippen LogP contribution in [0.25, 0.3) is 11.3 Å². The second-order valence-electron chi connectivity index (χ2n) is 9.32. The minimum Gasteiger partial charge on any atom is -0.497 e. The van der Waals surface area contributed by atoms with E-state index in [9.17, 15) is 9.59 Å². The van der Waals surface area contributed by atoms with Crippen LogP contribution in [0.2, 0.25) is 0 Å². The van der Waals surface area contributed by atoms with E-state index in [1.807, 2.05) is 61.2 Å². The number of hydrogen-bond acceptors (Lipinski definition) is 6. The van der Waals surface area contributed by atoms with Crippen molar-refractivity contribution in [1.29, 1.82) is 0 Å². The molecule has 2 heterocycles. The van der Waals surface area contributed by atoms with Gasteiger partial charge in [0.2, 0.25) is 5.91 Å². The number of hydrogen-bond donors (Lipinski definition) is 0. The van der Waals surface area contributed by atoms with Crippen molar-refractivity contribution in [3.05, 3.63) is 72.3 Å². The van der Waals surface area contributed by atoms with E-state index in [0.29, 0.717) is 44.0 Å². The van der Waals surface area contributed by atoms with Gasteiger partial charge in [-0.25, -0.2) is 0 Å². The summed E-state index contributed by atoms with van der Waals surface area (Å²) in [7, 11) is 1.57. The summed E-state index contributed by atoms with van der Waals surface area (Å²) in [4.78, 5) is 32.0. The number of benzene rings is 2. The Morgan fingerprint density at radius 3 is 2.33 bits per heavy atom. The standard InChI is InChI=1S/C28H33N5O3/c1-21(2)19-33(28(35)23-10-7-11-24(18-23)36-3)20-27(34)32-16-14-31(15-17-32)26-13-12-25(29-30-26)22-8-5-4-6-9-22/h4-13,18,21H,14-17,19-20H2,1-3H3. The van der Waals surface area contributed by atoms with Gasteiger partial charge >= 0.3 is 0 Å². The van der Waals surface area contributed by atoms with Crippen molar-refractivity contribution in [3.8, 4) is 17.0 Å². The van der Waals surface area contributed by atoms with Gasteiger partial charge in [-0.2, -0.15) is 0 Å². The molecule has 2 amide bonds. The minimum atomic E-state index is -0.164. The summed E-state index contributed by atoms with van der Waals surface area (Å²) >= 11 is 0. The SMILES string of the molecule is COc1cccc(C(=O)N(CC(=O)N2CCN(c3ccc(-c4ccccc4)nn3)CC2)CC(C)C)c1. The van der Waals surface area contributed by atoms with Gasteiger partial charge in [0.05, 0.1) is 12.8 Å². The normalized spacial score (nSPS) is 13.6. The minimum absolute atomic E-state index is 0.0444. The molecule has 188 valence electrons. The first kappa shape index (κ1) is 25.2. The third-order valence-electron chi connectivity index (χ3n) is 6.19. The lowest BCUT2D eigenvalue weighted by molar-refractivity contribution is -0.132. The summed E-state index contributed by atoms with van der Waals surface area (Å²) in [6.07, 6.45) is 0. The average Bonchev–Trinajstić information content (AvgIpc) is 2.92. The van der Waals surface area contributed by atoms with Crippen molar-refractivity contribution in [2.75, 3.05) is 51.3 Å². The van der Waals surface area contributed by atoms with Gasteiger partial charge in [0.25, 0.3) is 5.91 Å². The van der Waals surface area contributed by atoms with Crippen LogP contribution in [-0.2, 0) is 4.79 Å². The first-order valence-electron chi connectivity index (χ1n) is 12.3. The topological polar surface area (TPSA) is 78.9 Å². The van der Waals surface area contributed by atoms with Crippen LogP contribution in [0.1, 0.15) is 24.2 Å². The maximum atomic E-state index is 13.2. The van der Waals surface area contributed by atoms with E-state index >= 15 is 0 Å². The fourth-order valence-corrected chi connectivity index (χ4v) is 4.30. The predicted octanol–water partition coefficient (Wildman–Crippen LogP) is 3.60. The van der Waals surface area contributed by atoms with Crippen LogP contribution >= 0.6 is 0 Å². The highest BCUT2D eigenvalue weighted by molar-refractivity contribution is 5.97. The van der Waals surface area contributed by atoms with Crippen LogP contribution in [0, 0.1) is 5.92 Å². The Hall–Kier alpha value is -3.94. The molecule has 0 spiro atoms. The van der Waals surface area contributed by atoms with E-state index in [0.717, 1.165) is 17.1 Å². The molecule has 3 aromatic rings. The fourth-order valence-electron chi connectivity index (χ4n) is 4.30. The average molecular weight is 488 g/mol. The number of aromatic nitrogens is 2. The van der Waals surface area contributed by atoms with Gasteiger partial charge < -0.3 is 19.4 Å². The second kappa shape index (κ2) is 11.7. The molecular formula is C28H33N5O3. The lowest BCUT2D eigenvalue weighted by Gasteiger charge is -2.36. The molecule has 0 radical (unpaired) electrons. The summed E-state index contributed by atoms with van der Waals surface area (Å²) in [5.41, 5.74) is 2.38. The summed E-state index contributed by atoms with van der Waals surface area (Å²) in [6.45, 7) is 7.12. The van der Waals surface area contributed by atoms with Crippen LogP contribution in [0.3, 0.4) is 0 Å². The summed E-state index contributed by atoms with van der Waals surface area (Å²) in [5, 5.41) is 8.79. The molecule has 0 unspecified atom stereocenters. The van der Waals surface area contributed by atoms with Gasteiger partial charge in [-0.05, 0) is 36.2 Å². The zero-order valence-electron chi connectivity index (χ0n) is 21.1. The number of methoxy groups -OCH3 is 1. The largest absolute Gasteiger partial charge is 0.497 e. The number of nitrogens with zero attached hydrogens (tertiary/aromatic N) is 5. The van der Waals surface area contributed by atoms with Gasteiger partial charge in [0.15, 0.2) is 5.82 Å². The Balaban J connectivity index is 1.36. The highest BCUT2D eigenvalue weighted by Gasteiger charge is 2.26. The van der Waals surface area contributed by atoms with E-state index in [2.05, 4.69) is 15.1 Å². The third-order valence-corrected chi connectivity index (χ3v) is 6.19. The van der Waals surface area contributed by atoms with Gasteiger partial charge in [-0.3, -0.25) is 9.59 Å². The highest BCUT2D eigenvalue weighted by atomic mass is 16.5. The first-order chi connectivity index (χ1) is 17.4. The molecular weight excluding hydrogens is 454 g/mol. The van der Waals surface area contributed by atoms with Gasteiger partial charge in [0.1, 0.15) is 12.3 Å². The van der Waals surface area contributed by atoms with Crippen molar-refractivity contribution < 1.29 is 14.3 Å². The Kier molecular flexibility index (Phi) is 8.15. The molecule has 0 N–H and O–H groups in total. The van der Waals surface area contributed by atoms with Crippen molar-refractivity contribution >= 4 is 17.6 Å². The maximum absolute atomic E-state index is 13.2. The van der Waals surface area contributed by atoms with Crippen molar-refractivity contribution in [1.82, 2.24) is 20.0 Å². The highest BCUT2D eigenvalue weighted by Crippen LogP contribution is 2.20. The molecule has 0 bridgehead atoms. The van der Waals surface area contributed by atoms with E-state index in [1.165, 1.54) is 0 Å². The molecule has 1 aromatic heterocycles. The van der Waals surface area contributed by atoms with Crippen molar-refractivity contribution in [2.45, 2.75) is 13.8 Å². The quantitative estimate of drug-likeness (QED) is 0.483. The van der Waals surface area contributed by atoms with Crippen LogP contribution < -0.4 is 9.64 Å². The molecule has 1 aliphatic rings. The predicted molar refractivity (Wildman–Crippen MR) is 140 cm³/mol. The molecule has 36 heavy (non-hydrogen) atoms. The number of ether oxygens (including phenoxy) is 1. The molecule has 4 rings (SSSR count).